The fourth-order valence-electron chi connectivity index (χ4n) is 2.13. The quantitative estimate of drug-likeness (QED) is 0.557. The molecule has 0 atom stereocenters. The first kappa shape index (κ1) is 15.0. The molecule has 0 saturated carbocycles. The van der Waals surface area contributed by atoms with Crippen LogP contribution in [-0.4, -0.2) is 21.8 Å². The molecule has 1 heterocycles. The van der Waals surface area contributed by atoms with Gasteiger partial charge in [0.15, 0.2) is 5.52 Å². The van der Waals surface area contributed by atoms with E-state index in [0.29, 0.717) is 18.0 Å². The van der Waals surface area contributed by atoms with Gasteiger partial charge in [0, 0.05) is 5.69 Å². The van der Waals surface area contributed by atoms with Gasteiger partial charge in [0.1, 0.15) is 11.4 Å². The van der Waals surface area contributed by atoms with Crippen LogP contribution in [0.1, 0.15) is 6.92 Å². The summed E-state index contributed by atoms with van der Waals surface area (Å²) < 4.78 is 9.90. The zero-order valence-electron chi connectivity index (χ0n) is 11.9. The van der Waals surface area contributed by atoms with Gasteiger partial charge in [-0.15, -0.1) is 0 Å². The third-order valence-corrected chi connectivity index (χ3v) is 3.38. The number of halogens is 1. The highest BCUT2D eigenvalue weighted by Gasteiger charge is 2.25. The van der Waals surface area contributed by atoms with Crippen molar-refractivity contribution in [3.63, 3.8) is 0 Å². The molecule has 9 heteroatoms. The molecule has 3 rings (SSSR count). The Morgan fingerprint density at radius 1 is 1.30 bits per heavy atom. The monoisotopic (exact) mass is 334 g/mol. The highest BCUT2D eigenvalue weighted by molar-refractivity contribution is 6.35. The maximum absolute atomic E-state index is 11.4. The molecule has 1 N–H and O–H groups in total. The van der Waals surface area contributed by atoms with Gasteiger partial charge in [-0.05, 0) is 47.6 Å². The lowest BCUT2D eigenvalue weighted by Crippen LogP contribution is -1.99. The molecule has 0 fully saturated rings. The fraction of sp³-hybridized carbons (Fsp3) is 0.143. The number of hydrogen-bond acceptors (Lipinski definition) is 7. The molecule has 0 aliphatic rings. The zero-order valence-corrected chi connectivity index (χ0v) is 12.7. The summed E-state index contributed by atoms with van der Waals surface area (Å²) in [5.41, 5.74) is 0.738. The lowest BCUT2D eigenvalue weighted by Gasteiger charge is -2.09. The van der Waals surface area contributed by atoms with Crippen molar-refractivity contribution in [3.8, 4) is 5.75 Å². The van der Waals surface area contributed by atoms with Gasteiger partial charge in [-0.3, -0.25) is 10.1 Å². The largest absolute Gasteiger partial charge is 0.494 e. The topological polar surface area (TPSA) is 103 Å². The van der Waals surface area contributed by atoms with Crippen LogP contribution in [-0.2, 0) is 0 Å². The summed E-state index contributed by atoms with van der Waals surface area (Å²) in [4.78, 5) is 10.8. The number of ether oxygens (including phenoxy) is 1. The first-order valence-electron chi connectivity index (χ1n) is 6.69. The molecule has 8 nitrogen and oxygen atoms in total. The number of aromatic nitrogens is 2. The lowest BCUT2D eigenvalue weighted by molar-refractivity contribution is -0.382. The molecular formula is C14H11ClN4O4. The molecule has 0 aliphatic heterocycles. The molecule has 0 radical (unpaired) electrons. The van der Waals surface area contributed by atoms with Crippen molar-refractivity contribution in [2.45, 2.75) is 6.92 Å². The molecule has 0 amide bonds. The average molecular weight is 335 g/mol. The average Bonchev–Trinajstić information content (AvgIpc) is 2.99. The van der Waals surface area contributed by atoms with Crippen LogP contribution in [0, 0.1) is 10.1 Å². The van der Waals surface area contributed by atoms with Crippen LogP contribution in [0.3, 0.4) is 0 Å². The van der Waals surface area contributed by atoms with Crippen LogP contribution >= 0.6 is 11.6 Å². The van der Waals surface area contributed by atoms with Gasteiger partial charge in [0.05, 0.1) is 16.6 Å². The number of anilines is 2. The van der Waals surface area contributed by atoms with Gasteiger partial charge in [0.2, 0.25) is 5.52 Å². The van der Waals surface area contributed by atoms with Crippen LogP contribution in [0.15, 0.2) is 35.0 Å². The third-order valence-electron chi connectivity index (χ3n) is 3.09. The Hall–Kier alpha value is -2.87. The Labute approximate surface area is 135 Å². The molecule has 0 unspecified atom stereocenters. The Bertz CT molecular complexity index is 863. The highest BCUT2D eigenvalue weighted by Crippen LogP contribution is 2.37. The summed E-state index contributed by atoms with van der Waals surface area (Å²) in [6, 6.07) is 8.43. The Morgan fingerprint density at radius 3 is 2.65 bits per heavy atom. The molecular weight excluding hydrogens is 324 g/mol. The summed E-state index contributed by atoms with van der Waals surface area (Å²) in [6.45, 7) is 2.45. The maximum atomic E-state index is 11.4. The van der Waals surface area contributed by atoms with Gasteiger partial charge in [-0.25, -0.2) is 4.63 Å². The molecule has 118 valence electrons. The molecule has 0 saturated heterocycles. The number of nitro groups is 1. The molecule has 23 heavy (non-hydrogen) atoms. The van der Waals surface area contributed by atoms with E-state index in [9.17, 15) is 10.1 Å². The van der Waals surface area contributed by atoms with Crippen LogP contribution in [0.25, 0.3) is 11.0 Å². The second kappa shape index (κ2) is 6.09. The van der Waals surface area contributed by atoms with E-state index in [1.165, 1.54) is 6.07 Å². The lowest BCUT2D eigenvalue weighted by atomic mass is 10.2. The van der Waals surface area contributed by atoms with Crippen LogP contribution in [0.2, 0.25) is 5.02 Å². The highest BCUT2D eigenvalue weighted by atomic mass is 35.5. The van der Waals surface area contributed by atoms with Crippen LogP contribution in [0.5, 0.6) is 5.75 Å². The predicted molar refractivity (Wildman–Crippen MR) is 84.4 cm³/mol. The minimum Gasteiger partial charge on any atom is -0.494 e. The number of nitrogens with one attached hydrogen (secondary N) is 1. The number of nitro benzene ring substituents is 1. The Balaban J connectivity index is 2.02. The van der Waals surface area contributed by atoms with Crippen molar-refractivity contribution in [2.75, 3.05) is 11.9 Å². The van der Waals surface area contributed by atoms with E-state index in [0.717, 1.165) is 0 Å². The van der Waals surface area contributed by atoms with Crippen molar-refractivity contribution < 1.29 is 14.3 Å². The van der Waals surface area contributed by atoms with Crippen molar-refractivity contribution >= 4 is 39.7 Å². The fourth-order valence-corrected chi connectivity index (χ4v) is 2.36. The van der Waals surface area contributed by atoms with Crippen LogP contribution < -0.4 is 10.1 Å². The van der Waals surface area contributed by atoms with Crippen molar-refractivity contribution in [2.24, 2.45) is 0 Å². The van der Waals surface area contributed by atoms with Gasteiger partial charge in [0.25, 0.3) is 0 Å². The van der Waals surface area contributed by atoms with Gasteiger partial charge >= 0.3 is 5.69 Å². The number of rotatable bonds is 5. The standard InChI is InChI=1S/C14H11ClN4O4/c1-2-22-9-5-3-8(4-6-9)16-11-7-10(15)12-13(18-23-17-12)14(11)19(20)21/h3-7,16H,2H2,1H3. The zero-order chi connectivity index (χ0) is 16.4. The predicted octanol–water partition coefficient (Wildman–Crippen LogP) is 3.93. The molecule has 0 aliphatic carbocycles. The molecule has 0 bridgehead atoms. The van der Waals surface area contributed by atoms with Crippen molar-refractivity contribution in [1.82, 2.24) is 10.3 Å². The van der Waals surface area contributed by atoms with Gasteiger partial charge in [-0.1, -0.05) is 11.6 Å². The third kappa shape index (κ3) is 2.88. The van der Waals surface area contributed by atoms with E-state index >= 15 is 0 Å². The first-order chi connectivity index (χ1) is 11.1. The SMILES string of the molecule is CCOc1ccc(Nc2cc(Cl)c3nonc3c2[N+](=O)[O-])cc1. The van der Waals surface area contributed by atoms with E-state index in [2.05, 4.69) is 20.3 Å². The second-order valence-corrected chi connectivity index (χ2v) is 4.96. The summed E-state index contributed by atoms with van der Waals surface area (Å²) in [6.07, 6.45) is 0. The summed E-state index contributed by atoms with van der Waals surface area (Å²) in [7, 11) is 0. The van der Waals surface area contributed by atoms with E-state index in [-0.39, 0.29) is 27.4 Å². The number of nitrogens with zero attached hydrogens (tertiary/aromatic N) is 3. The van der Waals surface area contributed by atoms with Gasteiger partial charge < -0.3 is 10.1 Å². The molecule has 0 spiro atoms. The number of fused-ring (bicyclic) bond motifs is 1. The minimum absolute atomic E-state index is 0.00376. The van der Waals surface area contributed by atoms with Crippen LogP contribution in [0.4, 0.5) is 17.1 Å². The smallest absolute Gasteiger partial charge is 0.324 e. The summed E-state index contributed by atoms with van der Waals surface area (Å²) >= 11 is 6.07. The second-order valence-electron chi connectivity index (χ2n) is 4.56. The molecule has 2 aromatic carbocycles. The van der Waals surface area contributed by atoms with Crippen molar-refractivity contribution in [1.29, 1.82) is 0 Å². The molecule has 1 aromatic heterocycles. The normalized spacial score (nSPS) is 10.7. The van der Waals surface area contributed by atoms with Crippen molar-refractivity contribution in [3.05, 3.63) is 45.5 Å². The first-order valence-corrected chi connectivity index (χ1v) is 7.07. The van der Waals surface area contributed by atoms with E-state index in [4.69, 9.17) is 16.3 Å². The minimum atomic E-state index is -0.556. The Kier molecular flexibility index (Phi) is 3.98. The summed E-state index contributed by atoms with van der Waals surface area (Å²) in [5.74, 6) is 0.710. The van der Waals surface area contributed by atoms with E-state index in [1.807, 2.05) is 6.92 Å². The maximum Gasteiger partial charge on any atom is 0.324 e. The van der Waals surface area contributed by atoms with Gasteiger partial charge in [-0.2, -0.15) is 0 Å². The Morgan fingerprint density at radius 2 is 2.00 bits per heavy atom. The summed E-state index contributed by atoms with van der Waals surface area (Å²) in [5, 5.41) is 21.7. The number of benzene rings is 2. The van der Waals surface area contributed by atoms with E-state index < -0.39 is 4.92 Å². The van der Waals surface area contributed by atoms with E-state index in [1.54, 1.807) is 24.3 Å². The number of hydrogen-bond donors (Lipinski definition) is 1. The molecule has 3 aromatic rings.